The number of halogens is 4. The second-order valence-electron chi connectivity index (χ2n) is 5.84. The van der Waals surface area contributed by atoms with Gasteiger partial charge in [-0.25, -0.2) is 31.7 Å². The van der Waals surface area contributed by atoms with E-state index < -0.39 is 36.1 Å². The molecular formula is C17H17F4N5O3S. The predicted molar refractivity (Wildman–Crippen MR) is 101 cm³/mol. The first-order valence-corrected chi connectivity index (χ1v) is 9.79. The molecule has 3 aromatic rings. The number of hydrogen-bond donors (Lipinski definition) is 2. The van der Waals surface area contributed by atoms with E-state index in [0.717, 1.165) is 6.07 Å². The number of pyridine rings is 1. The monoisotopic (exact) mass is 447 g/mol. The Kier molecular flexibility index (Phi) is 6.70. The van der Waals surface area contributed by atoms with Crippen molar-refractivity contribution in [2.75, 3.05) is 18.4 Å². The summed E-state index contributed by atoms with van der Waals surface area (Å²) in [6.07, 6.45) is -3.74. The highest BCUT2D eigenvalue weighted by Gasteiger charge is 2.20. The molecule has 3 rings (SSSR count). The first-order chi connectivity index (χ1) is 14.3. The van der Waals surface area contributed by atoms with Crippen LogP contribution < -0.4 is 14.2 Å². The second kappa shape index (κ2) is 9.24. The fourth-order valence-corrected chi connectivity index (χ4v) is 3.49. The van der Waals surface area contributed by atoms with Crippen LogP contribution in [0.2, 0.25) is 0 Å². The highest BCUT2D eigenvalue weighted by molar-refractivity contribution is 7.86. The number of methoxy groups -OCH3 is 1. The Balaban J connectivity index is 1.88. The number of hydrogen-bond acceptors (Lipinski definition) is 6. The third kappa shape index (κ3) is 4.61. The van der Waals surface area contributed by atoms with Crippen LogP contribution in [0.4, 0.5) is 23.5 Å². The van der Waals surface area contributed by atoms with E-state index in [1.165, 1.54) is 19.4 Å². The molecule has 0 aliphatic carbocycles. The van der Waals surface area contributed by atoms with Crippen molar-refractivity contribution in [1.29, 1.82) is 0 Å². The molecular weight excluding hydrogens is 430 g/mol. The molecule has 3 aromatic heterocycles. The number of nitrogens with zero attached hydrogens (tertiary/aromatic N) is 3. The van der Waals surface area contributed by atoms with E-state index in [-0.39, 0.29) is 33.8 Å². The summed E-state index contributed by atoms with van der Waals surface area (Å²) in [5.74, 6) is -0.199. The molecule has 1 unspecified atom stereocenters. The first kappa shape index (κ1) is 21.7. The van der Waals surface area contributed by atoms with Gasteiger partial charge in [0.2, 0.25) is 11.7 Å². The Hall–Kier alpha value is -2.96. The van der Waals surface area contributed by atoms with Crippen molar-refractivity contribution in [2.24, 2.45) is 0 Å². The minimum Gasteiger partial charge on any atom is -0.480 e. The van der Waals surface area contributed by atoms with E-state index in [2.05, 4.69) is 24.7 Å². The van der Waals surface area contributed by atoms with E-state index in [1.54, 1.807) is 6.92 Å². The molecule has 8 nitrogen and oxygen atoms in total. The summed E-state index contributed by atoms with van der Waals surface area (Å²) >= 11 is 0. The van der Waals surface area contributed by atoms with Crippen LogP contribution in [0.1, 0.15) is 24.7 Å². The number of aromatic amines is 1. The Morgan fingerprint density at radius 1 is 1.20 bits per heavy atom. The highest BCUT2D eigenvalue weighted by atomic mass is 32.2. The summed E-state index contributed by atoms with van der Waals surface area (Å²) in [7, 11) is -0.602. The molecule has 0 amide bonds. The van der Waals surface area contributed by atoms with Gasteiger partial charge in [0.15, 0.2) is 11.0 Å². The minimum atomic E-state index is -2.73. The Morgan fingerprint density at radius 3 is 2.60 bits per heavy atom. The molecule has 0 saturated heterocycles. The molecule has 3 heterocycles. The molecule has 0 saturated carbocycles. The SMILES string of the molecule is CCc1nc(NS(=O)c2c[nH]c3nc(C(F)F)ccc23)nc(OC)c1OCC(F)F. The minimum absolute atomic E-state index is 0.0209. The molecule has 0 radical (unpaired) electrons. The molecule has 0 aromatic carbocycles. The molecule has 0 aliphatic heterocycles. The molecule has 0 aliphatic rings. The van der Waals surface area contributed by atoms with Crippen molar-refractivity contribution in [2.45, 2.75) is 31.1 Å². The van der Waals surface area contributed by atoms with Gasteiger partial charge in [-0.2, -0.15) is 4.98 Å². The third-order valence-electron chi connectivity index (χ3n) is 3.92. The lowest BCUT2D eigenvalue weighted by Gasteiger charge is -2.14. The summed E-state index contributed by atoms with van der Waals surface area (Å²) in [6, 6.07) is 2.53. The topological polar surface area (TPSA) is 102 Å². The van der Waals surface area contributed by atoms with E-state index in [0.29, 0.717) is 11.8 Å². The standard InChI is InChI=1S/C17H17F4N5O3S/c1-3-9-13(29-7-12(18)19)16(28-2)25-17(24-9)26-30(27)11-6-22-15-8(11)4-5-10(23-15)14(20)21/h4-6,12,14H,3,7H2,1-2H3,(H,22,23)(H,24,25,26). The van der Waals surface area contributed by atoms with Crippen molar-refractivity contribution in [3.63, 3.8) is 0 Å². The smallest absolute Gasteiger partial charge is 0.280 e. The average Bonchev–Trinajstić information content (AvgIpc) is 3.15. The number of fused-ring (bicyclic) bond motifs is 1. The van der Waals surface area contributed by atoms with Crippen LogP contribution in [0.15, 0.2) is 23.2 Å². The Labute approximate surface area is 170 Å². The van der Waals surface area contributed by atoms with Gasteiger partial charge in [0.25, 0.3) is 18.7 Å². The number of alkyl halides is 4. The number of nitrogens with one attached hydrogen (secondary N) is 2. The van der Waals surface area contributed by atoms with Gasteiger partial charge in [0.05, 0.1) is 17.7 Å². The summed E-state index contributed by atoms with van der Waals surface area (Å²) in [4.78, 5) is 14.9. The van der Waals surface area contributed by atoms with Crippen LogP contribution in [-0.4, -0.2) is 44.3 Å². The van der Waals surface area contributed by atoms with Crippen molar-refractivity contribution in [1.82, 2.24) is 19.9 Å². The van der Waals surface area contributed by atoms with Crippen molar-refractivity contribution < 1.29 is 31.2 Å². The number of rotatable bonds is 9. The number of aryl methyl sites for hydroxylation is 1. The molecule has 30 heavy (non-hydrogen) atoms. The predicted octanol–water partition coefficient (Wildman–Crippen LogP) is 3.64. The van der Waals surface area contributed by atoms with E-state index in [9.17, 15) is 21.8 Å². The van der Waals surface area contributed by atoms with Crippen LogP contribution in [0.3, 0.4) is 0 Å². The molecule has 13 heteroatoms. The van der Waals surface area contributed by atoms with Gasteiger partial charge >= 0.3 is 0 Å². The lowest BCUT2D eigenvalue weighted by Crippen LogP contribution is -2.14. The van der Waals surface area contributed by atoms with E-state index in [4.69, 9.17) is 9.47 Å². The molecule has 162 valence electrons. The molecule has 1 atom stereocenters. The normalized spacial score (nSPS) is 12.5. The van der Waals surface area contributed by atoms with E-state index >= 15 is 0 Å². The van der Waals surface area contributed by atoms with Gasteiger partial charge in [-0.3, -0.25) is 4.72 Å². The number of ether oxygens (including phenoxy) is 2. The lowest BCUT2D eigenvalue weighted by molar-refractivity contribution is 0.0793. The summed E-state index contributed by atoms with van der Waals surface area (Å²) in [5.41, 5.74) is 0.0281. The largest absolute Gasteiger partial charge is 0.480 e. The maximum absolute atomic E-state index is 12.8. The lowest BCUT2D eigenvalue weighted by atomic mass is 10.3. The van der Waals surface area contributed by atoms with Crippen LogP contribution >= 0.6 is 0 Å². The van der Waals surface area contributed by atoms with Crippen LogP contribution in [0.5, 0.6) is 11.6 Å². The van der Waals surface area contributed by atoms with Crippen LogP contribution in [0, 0.1) is 0 Å². The fraction of sp³-hybridized carbons (Fsp3) is 0.353. The maximum Gasteiger partial charge on any atom is 0.280 e. The molecule has 0 bridgehead atoms. The summed E-state index contributed by atoms with van der Waals surface area (Å²) in [5, 5.41) is 0.379. The van der Waals surface area contributed by atoms with Crippen LogP contribution in [0.25, 0.3) is 11.0 Å². The third-order valence-corrected chi connectivity index (χ3v) is 5.02. The van der Waals surface area contributed by atoms with Gasteiger partial charge in [-0.05, 0) is 18.6 Å². The van der Waals surface area contributed by atoms with Gasteiger partial charge in [0, 0.05) is 11.6 Å². The average molecular weight is 447 g/mol. The van der Waals surface area contributed by atoms with Gasteiger partial charge in [-0.1, -0.05) is 6.92 Å². The van der Waals surface area contributed by atoms with Gasteiger partial charge in [0.1, 0.15) is 17.9 Å². The maximum atomic E-state index is 12.8. The zero-order valence-electron chi connectivity index (χ0n) is 15.8. The first-order valence-electron chi connectivity index (χ1n) is 8.64. The Bertz CT molecular complexity index is 1040. The fourth-order valence-electron chi connectivity index (χ4n) is 2.60. The zero-order valence-corrected chi connectivity index (χ0v) is 16.6. The Morgan fingerprint density at radius 2 is 1.97 bits per heavy atom. The molecule has 0 spiro atoms. The van der Waals surface area contributed by atoms with Gasteiger partial charge in [-0.15, -0.1) is 0 Å². The van der Waals surface area contributed by atoms with Crippen molar-refractivity contribution in [3.8, 4) is 11.6 Å². The van der Waals surface area contributed by atoms with Crippen molar-refractivity contribution >= 4 is 28.0 Å². The van der Waals surface area contributed by atoms with Crippen LogP contribution in [-0.2, 0) is 17.4 Å². The summed E-state index contributed by atoms with van der Waals surface area (Å²) in [6.45, 7) is 0.873. The van der Waals surface area contributed by atoms with Crippen molar-refractivity contribution in [3.05, 3.63) is 29.7 Å². The quantitative estimate of drug-likeness (QED) is 0.486. The molecule has 2 N–H and O–H groups in total. The molecule has 0 fully saturated rings. The number of anilines is 1. The zero-order chi connectivity index (χ0) is 21.8. The highest BCUT2D eigenvalue weighted by Crippen LogP contribution is 2.31. The van der Waals surface area contributed by atoms with E-state index in [1.807, 2.05) is 0 Å². The van der Waals surface area contributed by atoms with Gasteiger partial charge < -0.3 is 14.5 Å². The summed E-state index contributed by atoms with van der Waals surface area (Å²) < 4.78 is 76.1. The number of H-pyrrole nitrogens is 1. The number of aromatic nitrogens is 4. The second-order valence-corrected chi connectivity index (χ2v) is 7.03.